The van der Waals surface area contributed by atoms with Crippen molar-refractivity contribution < 1.29 is 19.5 Å². The van der Waals surface area contributed by atoms with E-state index in [-0.39, 0.29) is 18.2 Å². The fraction of sp³-hybridized carbons (Fsp3) is 0.429. The first-order chi connectivity index (χ1) is 17.5. The number of rotatable bonds is 8. The summed E-state index contributed by atoms with van der Waals surface area (Å²) in [6.45, 7) is 1.46. The van der Waals surface area contributed by atoms with Gasteiger partial charge in [-0.25, -0.2) is 0 Å². The van der Waals surface area contributed by atoms with E-state index in [0.717, 1.165) is 54.3 Å². The van der Waals surface area contributed by atoms with Crippen LogP contribution in [0.5, 0.6) is 0 Å². The van der Waals surface area contributed by atoms with Crippen LogP contribution in [0.15, 0.2) is 55.0 Å². The molecule has 8 heteroatoms. The predicted octanol–water partition coefficient (Wildman–Crippen LogP) is 3.48. The van der Waals surface area contributed by atoms with Crippen molar-refractivity contribution in [1.29, 1.82) is 0 Å². The van der Waals surface area contributed by atoms with Gasteiger partial charge in [0.05, 0.1) is 6.42 Å². The third-order valence-electron chi connectivity index (χ3n) is 6.86. The molecule has 8 nitrogen and oxygen atoms in total. The summed E-state index contributed by atoms with van der Waals surface area (Å²) in [5, 5.41) is 16.4. The molecule has 2 aromatic heterocycles. The van der Waals surface area contributed by atoms with Crippen LogP contribution in [0.4, 0.5) is 0 Å². The SMILES string of the molecule is O=C(O)C[C@@H](CCCc1ccncc1)C(=O)N[C@H]1Cc2cn(c3ccccc23)CCCCCNC1=O. The first-order valence-electron chi connectivity index (χ1n) is 12.8. The Morgan fingerprint density at radius 1 is 1.14 bits per heavy atom. The second-order valence-electron chi connectivity index (χ2n) is 9.52. The molecule has 0 spiro atoms. The van der Waals surface area contributed by atoms with Crippen LogP contribution < -0.4 is 10.6 Å². The number of hydrogen-bond donors (Lipinski definition) is 3. The summed E-state index contributed by atoms with van der Waals surface area (Å²) in [5.41, 5.74) is 3.21. The monoisotopic (exact) mass is 490 g/mol. The fourth-order valence-corrected chi connectivity index (χ4v) is 4.95. The largest absolute Gasteiger partial charge is 0.481 e. The molecule has 2 atom stereocenters. The van der Waals surface area contributed by atoms with E-state index in [2.05, 4.69) is 32.4 Å². The van der Waals surface area contributed by atoms with Crippen molar-refractivity contribution in [1.82, 2.24) is 20.2 Å². The summed E-state index contributed by atoms with van der Waals surface area (Å²) in [7, 11) is 0. The van der Waals surface area contributed by atoms with Crippen molar-refractivity contribution in [2.24, 2.45) is 5.92 Å². The highest BCUT2D eigenvalue weighted by molar-refractivity contribution is 5.91. The molecule has 1 aliphatic heterocycles. The summed E-state index contributed by atoms with van der Waals surface area (Å²) in [4.78, 5) is 41.9. The van der Waals surface area contributed by atoms with Crippen molar-refractivity contribution in [2.75, 3.05) is 6.54 Å². The summed E-state index contributed by atoms with van der Waals surface area (Å²) in [6.07, 6.45) is 10.3. The van der Waals surface area contributed by atoms with Crippen molar-refractivity contribution in [2.45, 2.75) is 64.0 Å². The molecule has 1 aromatic carbocycles. The number of aromatic nitrogens is 2. The second kappa shape index (κ2) is 12.3. The van der Waals surface area contributed by atoms with E-state index < -0.39 is 17.9 Å². The smallest absolute Gasteiger partial charge is 0.304 e. The Morgan fingerprint density at radius 3 is 2.75 bits per heavy atom. The number of nitrogens with one attached hydrogen (secondary N) is 2. The number of pyridine rings is 1. The van der Waals surface area contributed by atoms with Crippen molar-refractivity contribution >= 4 is 28.7 Å². The topological polar surface area (TPSA) is 113 Å². The summed E-state index contributed by atoms with van der Waals surface area (Å²) >= 11 is 0. The van der Waals surface area contributed by atoms with Crippen LogP contribution >= 0.6 is 0 Å². The van der Waals surface area contributed by atoms with Gasteiger partial charge in [0, 0.05) is 54.9 Å². The second-order valence-corrected chi connectivity index (χ2v) is 9.52. The Bertz CT molecular complexity index is 1190. The van der Waals surface area contributed by atoms with E-state index in [4.69, 9.17) is 0 Å². The Hall–Kier alpha value is -3.68. The van der Waals surface area contributed by atoms with E-state index >= 15 is 0 Å². The fourth-order valence-electron chi connectivity index (χ4n) is 4.95. The average Bonchev–Trinajstić information content (AvgIpc) is 3.22. The maximum absolute atomic E-state index is 13.3. The molecule has 0 aliphatic carbocycles. The van der Waals surface area contributed by atoms with Crippen molar-refractivity contribution in [3.63, 3.8) is 0 Å². The molecule has 4 rings (SSSR count). The third kappa shape index (κ3) is 6.71. The minimum Gasteiger partial charge on any atom is -0.481 e. The molecule has 0 saturated heterocycles. The minimum atomic E-state index is -1.02. The van der Waals surface area contributed by atoms with Gasteiger partial charge in [-0.3, -0.25) is 19.4 Å². The Morgan fingerprint density at radius 2 is 1.94 bits per heavy atom. The van der Waals surface area contributed by atoms with Crippen molar-refractivity contribution in [3.8, 4) is 0 Å². The average molecular weight is 491 g/mol. The molecule has 3 N–H and O–H groups in total. The molecule has 0 radical (unpaired) electrons. The molecule has 190 valence electrons. The van der Waals surface area contributed by atoms with Gasteiger partial charge in [0.15, 0.2) is 0 Å². The molecule has 0 unspecified atom stereocenters. The number of fused-ring (bicyclic) bond motifs is 5. The van der Waals surface area contributed by atoms with E-state index in [1.807, 2.05) is 30.3 Å². The third-order valence-corrected chi connectivity index (χ3v) is 6.86. The Labute approximate surface area is 211 Å². The van der Waals surface area contributed by atoms with Gasteiger partial charge >= 0.3 is 5.97 Å². The molecule has 2 bridgehead atoms. The zero-order valence-electron chi connectivity index (χ0n) is 20.5. The maximum atomic E-state index is 13.3. The number of hydrogen-bond acceptors (Lipinski definition) is 4. The normalized spacial score (nSPS) is 17.4. The van der Waals surface area contributed by atoms with E-state index in [1.54, 1.807) is 12.4 Å². The predicted molar refractivity (Wildman–Crippen MR) is 137 cm³/mol. The zero-order chi connectivity index (χ0) is 25.3. The number of carboxylic acids is 1. The number of nitrogens with zero attached hydrogens (tertiary/aromatic N) is 2. The zero-order valence-corrected chi connectivity index (χ0v) is 20.5. The first kappa shape index (κ1) is 25.4. The van der Waals surface area contributed by atoms with Gasteiger partial charge in [0.25, 0.3) is 0 Å². The van der Waals surface area contributed by atoms with Gasteiger partial charge in [0.1, 0.15) is 6.04 Å². The van der Waals surface area contributed by atoms with E-state index in [9.17, 15) is 19.5 Å². The van der Waals surface area contributed by atoms with Crippen LogP contribution in [-0.2, 0) is 33.8 Å². The highest BCUT2D eigenvalue weighted by atomic mass is 16.4. The summed E-state index contributed by atoms with van der Waals surface area (Å²) in [6, 6.07) is 11.2. The lowest BCUT2D eigenvalue weighted by atomic mass is 9.95. The summed E-state index contributed by atoms with van der Waals surface area (Å²) < 4.78 is 2.23. The molecular weight excluding hydrogens is 456 g/mol. The highest BCUT2D eigenvalue weighted by Gasteiger charge is 2.28. The molecule has 0 fully saturated rings. The number of amides is 2. The van der Waals surface area contributed by atoms with Gasteiger partial charge < -0.3 is 20.3 Å². The van der Waals surface area contributed by atoms with Gasteiger partial charge in [-0.1, -0.05) is 18.2 Å². The molecule has 3 aromatic rings. The number of carbonyl (C=O) groups excluding carboxylic acids is 2. The van der Waals surface area contributed by atoms with Crippen LogP contribution in [0.2, 0.25) is 0 Å². The van der Waals surface area contributed by atoms with Crippen LogP contribution in [0, 0.1) is 5.92 Å². The Balaban J connectivity index is 1.51. The minimum absolute atomic E-state index is 0.230. The molecule has 3 heterocycles. The summed E-state index contributed by atoms with van der Waals surface area (Å²) in [5.74, 6) is -2.35. The quantitative estimate of drug-likeness (QED) is 0.447. The van der Waals surface area contributed by atoms with Crippen LogP contribution in [0.1, 0.15) is 49.7 Å². The molecule has 1 aliphatic rings. The molecule has 2 amide bonds. The maximum Gasteiger partial charge on any atom is 0.304 e. The standard InChI is InChI=1S/C28H34N4O4/c33-26(34)18-21(8-6-7-20-11-14-29-15-12-20)27(35)31-24-17-22-19-32(25-10-3-2-9-23(22)25)16-5-1-4-13-30-28(24)36/h2-3,9-12,14-15,19,21,24H,1,4-8,13,16-18H2,(H,30,36)(H,31,35)(H,33,34)/t21-,24+/m1/s1. The van der Waals surface area contributed by atoms with Crippen LogP contribution in [0.3, 0.4) is 0 Å². The van der Waals surface area contributed by atoms with Gasteiger partial charge in [0.2, 0.25) is 11.8 Å². The van der Waals surface area contributed by atoms with Gasteiger partial charge in [-0.15, -0.1) is 0 Å². The number of carboxylic acid groups (broad SMARTS) is 1. The number of para-hydroxylation sites is 1. The number of aliphatic carboxylic acids is 1. The lowest BCUT2D eigenvalue weighted by Gasteiger charge is -2.22. The van der Waals surface area contributed by atoms with E-state index in [0.29, 0.717) is 25.8 Å². The first-order valence-corrected chi connectivity index (χ1v) is 12.8. The molecular formula is C28H34N4O4. The van der Waals surface area contributed by atoms with Crippen LogP contribution in [0.25, 0.3) is 10.9 Å². The molecule has 36 heavy (non-hydrogen) atoms. The lowest BCUT2D eigenvalue weighted by Crippen LogP contribution is -2.50. The lowest BCUT2D eigenvalue weighted by molar-refractivity contribution is -0.141. The van der Waals surface area contributed by atoms with Crippen LogP contribution in [-0.4, -0.2) is 45.0 Å². The molecule has 0 saturated carbocycles. The van der Waals surface area contributed by atoms with Crippen molar-refractivity contribution in [3.05, 3.63) is 66.1 Å². The van der Waals surface area contributed by atoms with E-state index in [1.165, 1.54) is 0 Å². The van der Waals surface area contributed by atoms with Gasteiger partial charge in [-0.05, 0) is 67.9 Å². The highest BCUT2D eigenvalue weighted by Crippen LogP contribution is 2.24. The van der Waals surface area contributed by atoms with Gasteiger partial charge in [-0.2, -0.15) is 0 Å². The number of aryl methyl sites for hydroxylation is 2. The number of carbonyl (C=O) groups is 3. The Kier molecular flexibility index (Phi) is 8.71. The number of benzene rings is 1.